The van der Waals surface area contributed by atoms with E-state index in [0.29, 0.717) is 32.5 Å². The van der Waals surface area contributed by atoms with E-state index in [1.807, 2.05) is 13.8 Å². The van der Waals surface area contributed by atoms with Gasteiger partial charge in [-0.3, -0.25) is 4.79 Å². The molecule has 1 rings (SSSR count). The van der Waals surface area contributed by atoms with Gasteiger partial charge in [-0.2, -0.15) is 0 Å². The molecule has 0 unspecified atom stereocenters. The molecule has 0 aromatic carbocycles. The van der Waals surface area contributed by atoms with Crippen LogP contribution in [0.15, 0.2) is 0 Å². The van der Waals surface area contributed by atoms with Crippen molar-refractivity contribution in [3.63, 3.8) is 0 Å². The van der Waals surface area contributed by atoms with Crippen LogP contribution in [-0.2, 0) is 23.8 Å². The predicted molar refractivity (Wildman–Crippen MR) is 68.5 cm³/mol. The Balaban J connectivity index is 0.00000154. The van der Waals surface area contributed by atoms with Gasteiger partial charge in [0.25, 0.3) is 0 Å². The monoisotopic (exact) mass is 276 g/mol. The van der Waals surface area contributed by atoms with E-state index in [4.69, 9.17) is 19.3 Å². The van der Waals surface area contributed by atoms with Gasteiger partial charge in [-0.25, -0.2) is 0 Å². The first kappa shape index (κ1) is 18.0. The lowest BCUT2D eigenvalue weighted by molar-refractivity contribution is -0.176. The molecule has 0 saturated carbocycles. The topological polar surface area (TPSA) is 82.1 Å². The van der Waals surface area contributed by atoms with Crippen molar-refractivity contribution in [2.24, 2.45) is 0 Å². The highest BCUT2D eigenvalue weighted by atomic mass is 16.7. The summed E-state index contributed by atoms with van der Waals surface area (Å²) in [7, 11) is 1.00. The van der Waals surface area contributed by atoms with E-state index in [9.17, 15) is 9.59 Å². The number of hydrogen-bond acceptors (Lipinski definition) is 6. The van der Waals surface area contributed by atoms with Gasteiger partial charge in [0.1, 0.15) is 6.29 Å². The Morgan fingerprint density at radius 1 is 1.32 bits per heavy atom. The van der Waals surface area contributed by atoms with Gasteiger partial charge in [0, 0.05) is 26.4 Å². The first-order valence-electron chi connectivity index (χ1n) is 6.44. The molecule has 0 atom stereocenters. The van der Waals surface area contributed by atoms with Crippen LogP contribution in [0.5, 0.6) is 0 Å². The molecule has 1 heterocycles. The van der Waals surface area contributed by atoms with Crippen molar-refractivity contribution in [2.75, 3.05) is 20.3 Å². The Morgan fingerprint density at radius 3 is 2.37 bits per heavy atom. The van der Waals surface area contributed by atoms with Crippen LogP contribution in [-0.4, -0.2) is 49.6 Å². The highest BCUT2D eigenvalue weighted by Crippen LogP contribution is 2.29. The number of aliphatic hydroxyl groups is 1. The molecule has 1 fully saturated rings. The maximum absolute atomic E-state index is 11.4. The minimum atomic E-state index is -0.767. The maximum Gasteiger partial charge on any atom is 0.306 e. The van der Waals surface area contributed by atoms with Crippen LogP contribution in [0.3, 0.4) is 0 Å². The summed E-state index contributed by atoms with van der Waals surface area (Å²) in [5.41, 5.74) is 0. The third-order valence-corrected chi connectivity index (χ3v) is 2.53. The Labute approximate surface area is 114 Å². The molecule has 0 radical (unpaired) electrons. The molecule has 0 spiro atoms. The maximum atomic E-state index is 11.4. The summed E-state index contributed by atoms with van der Waals surface area (Å²) >= 11 is 0. The van der Waals surface area contributed by atoms with E-state index >= 15 is 0 Å². The van der Waals surface area contributed by atoms with Crippen LogP contribution in [0.2, 0.25) is 0 Å². The molecule has 0 aromatic rings. The number of esters is 1. The van der Waals surface area contributed by atoms with Gasteiger partial charge in [0.15, 0.2) is 5.79 Å². The molecule has 0 amide bonds. The zero-order valence-corrected chi connectivity index (χ0v) is 11.9. The Hall–Kier alpha value is -0.980. The van der Waals surface area contributed by atoms with Crippen molar-refractivity contribution in [3.8, 4) is 0 Å². The third-order valence-electron chi connectivity index (χ3n) is 2.53. The van der Waals surface area contributed by atoms with Gasteiger partial charge >= 0.3 is 5.97 Å². The van der Waals surface area contributed by atoms with Crippen molar-refractivity contribution >= 4 is 12.3 Å². The first-order chi connectivity index (χ1) is 9.08. The zero-order chi connectivity index (χ0) is 14.7. The standard InChI is InChI=1S/C12H20O5.CH4O/c1-10(2)17-11(14)4-6-12(5-3-7-13)15-8-9-16-12;1-2/h7,10H,3-6,8-9H2,1-2H3;2H,1H3. The average molecular weight is 276 g/mol. The number of rotatable bonds is 7. The molecule has 112 valence electrons. The highest BCUT2D eigenvalue weighted by molar-refractivity contribution is 5.69. The smallest absolute Gasteiger partial charge is 0.306 e. The van der Waals surface area contributed by atoms with Crippen molar-refractivity contribution in [3.05, 3.63) is 0 Å². The summed E-state index contributed by atoms with van der Waals surface area (Å²) in [6, 6.07) is 0. The lowest BCUT2D eigenvalue weighted by atomic mass is 10.1. The van der Waals surface area contributed by atoms with E-state index in [0.717, 1.165) is 13.4 Å². The van der Waals surface area contributed by atoms with Crippen molar-refractivity contribution < 1.29 is 28.9 Å². The number of carbonyl (C=O) groups is 2. The summed E-state index contributed by atoms with van der Waals surface area (Å²) in [4.78, 5) is 21.8. The lowest BCUT2D eigenvalue weighted by Gasteiger charge is -2.26. The molecular formula is C13H24O6. The Bertz CT molecular complexity index is 258. The van der Waals surface area contributed by atoms with Crippen molar-refractivity contribution in [1.29, 1.82) is 0 Å². The van der Waals surface area contributed by atoms with Crippen LogP contribution in [0.25, 0.3) is 0 Å². The molecule has 0 aromatic heterocycles. The Kier molecular flexibility index (Phi) is 9.38. The van der Waals surface area contributed by atoms with E-state index in [1.165, 1.54) is 0 Å². The van der Waals surface area contributed by atoms with Crippen LogP contribution in [0.1, 0.15) is 39.5 Å². The molecule has 1 aliphatic heterocycles. The van der Waals surface area contributed by atoms with Gasteiger partial charge in [0.2, 0.25) is 0 Å². The average Bonchev–Trinajstić information content (AvgIpc) is 2.85. The fourth-order valence-electron chi connectivity index (χ4n) is 1.80. The van der Waals surface area contributed by atoms with Crippen molar-refractivity contribution in [1.82, 2.24) is 0 Å². The SMILES string of the molecule is CC(C)OC(=O)CCC1(CCC=O)OCCO1.CO. The van der Waals surface area contributed by atoms with Crippen LogP contribution >= 0.6 is 0 Å². The fourth-order valence-corrected chi connectivity index (χ4v) is 1.80. The molecule has 1 N–H and O–H groups in total. The molecule has 0 bridgehead atoms. The van der Waals surface area contributed by atoms with E-state index in [-0.39, 0.29) is 18.5 Å². The van der Waals surface area contributed by atoms with Gasteiger partial charge in [-0.05, 0) is 13.8 Å². The van der Waals surface area contributed by atoms with Gasteiger partial charge in [-0.1, -0.05) is 0 Å². The molecule has 6 heteroatoms. The zero-order valence-electron chi connectivity index (χ0n) is 11.9. The van der Waals surface area contributed by atoms with E-state index < -0.39 is 5.79 Å². The second-order valence-corrected chi connectivity index (χ2v) is 4.35. The van der Waals surface area contributed by atoms with Crippen LogP contribution in [0.4, 0.5) is 0 Å². The minimum absolute atomic E-state index is 0.112. The predicted octanol–water partition coefficient (Wildman–Crippen LogP) is 1.05. The number of aliphatic hydroxyl groups excluding tert-OH is 1. The number of hydrogen-bond donors (Lipinski definition) is 1. The number of carbonyl (C=O) groups excluding carboxylic acids is 2. The lowest BCUT2D eigenvalue weighted by Crippen LogP contribution is -2.31. The summed E-state index contributed by atoms with van der Waals surface area (Å²) in [6.45, 7) is 4.64. The van der Waals surface area contributed by atoms with Gasteiger partial charge in [0.05, 0.1) is 25.7 Å². The molecule has 6 nitrogen and oxygen atoms in total. The number of ether oxygens (including phenoxy) is 3. The largest absolute Gasteiger partial charge is 0.463 e. The van der Waals surface area contributed by atoms with Gasteiger partial charge in [-0.15, -0.1) is 0 Å². The summed E-state index contributed by atoms with van der Waals surface area (Å²) in [5, 5.41) is 7.00. The summed E-state index contributed by atoms with van der Waals surface area (Å²) in [5.74, 6) is -1.03. The van der Waals surface area contributed by atoms with Gasteiger partial charge < -0.3 is 24.1 Å². The summed E-state index contributed by atoms with van der Waals surface area (Å²) in [6.07, 6.45) is 2.27. The van der Waals surface area contributed by atoms with Crippen LogP contribution < -0.4 is 0 Å². The second kappa shape index (κ2) is 9.89. The molecule has 1 aliphatic rings. The quantitative estimate of drug-likeness (QED) is 0.553. The first-order valence-corrected chi connectivity index (χ1v) is 6.44. The molecule has 1 saturated heterocycles. The van der Waals surface area contributed by atoms with E-state index in [2.05, 4.69) is 0 Å². The Morgan fingerprint density at radius 2 is 1.89 bits per heavy atom. The van der Waals surface area contributed by atoms with E-state index in [1.54, 1.807) is 0 Å². The highest BCUT2D eigenvalue weighted by Gasteiger charge is 2.36. The van der Waals surface area contributed by atoms with Crippen molar-refractivity contribution in [2.45, 2.75) is 51.4 Å². The fraction of sp³-hybridized carbons (Fsp3) is 0.846. The molecule has 0 aliphatic carbocycles. The molecule has 19 heavy (non-hydrogen) atoms. The second-order valence-electron chi connectivity index (χ2n) is 4.35. The third kappa shape index (κ3) is 7.25. The number of aldehydes is 1. The summed E-state index contributed by atoms with van der Waals surface area (Å²) < 4.78 is 16.1. The molecular weight excluding hydrogens is 252 g/mol. The normalized spacial score (nSPS) is 16.7. The van der Waals surface area contributed by atoms with Crippen LogP contribution in [0, 0.1) is 0 Å². The minimum Gasteiger partial charge on any atom is -0.463 e.